The quantitative estimate of drug-likeness (QED) is 0.719. The second-order valence-electron chi connectivity index (χ2n) is 5.02. The van der Waals surface area contributed by atoms with Gasteiger partial charge in [-0.05, 0) is 25.1 Å². The molecule has 21 heavy (non-hydrogen) atoms. The lowest BCUT2D eigenvalue weighted by molar-refractivity contribution is 0.451. The molecule has 1 aromatic carbocycles. The number of hydrogen-bond donors (Lipinski definition) is 2. The zero-order valence-electron chi connectivity index (χ0n) is 12.4. The van der Waals surface area contributed by atoms with Crippen molar-refractivity contribution in [1.29, 1.82) is 0 Å². The maximum atomic E-state index is 13.4. The molecule has 0 radical (unpaired) electrons. The SMILES string of the molecule is CC(C)NCCCN(C)S(=O)(=O)Nc1cc(F)ccc1F. The van der Waals surface area contributed by atoms with Crippen LogP contribution in [0.4, 0.5) is 14.5 Å². The molecule has 0 aromatic heterocycles. The maximum absolute atomic E-state index is 13.4. The zero-order chi connectivity index (χ0) is 16.0. The molecule has 8 heteroatoms. The first kappa shape index (κ1) is 17.8. The van der Waals surface area contributed by atoms with Crippen LogP contribution in [0.25, 0.3) is 0 Å². The smallest absolute Gasteiger partial charge is 0.301 e. The normalized spacial score (nSPS) is 12.1. The van der Waals surface area contributed by atoms with Crippen molar-refractivity contribution in [2.75, 3.05) is 24.9 Å². The molecule has 0 spiro atoms. The lowest BCUT2D eigenvalue weighted by Crippen LogP contribution is -2.35. The van der Waals surface area contributed by atoms with Crippen molar-refractivity contribution in [3.63, 3.8) is 0 Å². The van der Waals surface area contributed by atoms with Gasteiger partial charge in [0, 0.05) is 25.7 Å². The van der Waals surface area contributed by atoms with Crippen LogP contribution >= 0.6 is 0 Å². The van der Waals surface area contributed by atoms with Crippen LogP contribution in [0.3, 0.4) is 0 Å². The molecule has 0 atom stereocenters. The van der Waals surface area contributed by atoms with Crippen molar-refractivity contribution in [2.24, 2.45) is 0 Å². The van der Waals surface area contributed by atoms with Crippen LogP contribution in [0.1, 0.15) is 20.3 Å². The second-order valence-corrected chi connectivity index (χ2v) is 6.79. The Morgan fingerprint density at radius 3 is 2.57 bits per heavy atom. The molecule has 120 valence electrons. The average Bonchev–Trinajstić information content (AvgIpc) is 2.38. The van der Waals surface area contributed by atoms with E-state index in [9.17, 15) is 17.2 Å². The van der Waals surface area contributed by atoms with Crippen molar-refractivity contribution >= 4 is 15.9 Å². The van der Waals surface area contributed by atoms with E-state index in [2.05, 4.69) is 5.32 Å². The molecule has 0 aliphatic rings. The summed E-state index contributed by atoms with van der Waals surface area (Å²) in [4.78, 5) is 0. The van der Waals surface area contributed by atoms with E-state index in [1.165, 1.54) is 7.05 Å². The van der Waals surface area contributed by atoms with Gasteiger partial charge in [-0.2, -0.15) is 12.7 Å². The van der Waals surface area contributed by atoms with Gasteiger partial charge in [-0.25, -0.2) is 8.78 Å². The lowest BCUT2D eigenvalue weighted by atomic mass is 10.3. The summed E-state index contributed by atoms with van der Waals surface area (Å²) in [6.07, 6.45) is 0.612. The van der Waals surface area contributed by atoms with Crippen LogP contribution in [0.2, 0.25) is 0 Å². The van der Waals surface area contributed by atoms with E-state index < -0.39 is 27.5 Å². The van der Waals surface area contributed by atoms with Crippen LogP contribution in [-0.4, -0.2) is 38.9 Å². The van der Waals surface area contributed by atoms with Gasteiger partial charge in [-0.3, -0.25) is 4.72 Å². The predicted molar refractivity (Wildman–Crippen MR) is 79.3 cm³/mol. The molecule has 0 heterocycles. The van der Waals surface area contributed by atoms with E-state index in [1.807, 2.05) is 18.6 Å². The highest BCUT2D eigenvalue weighted by Crippen LogP contribution is 2.17. The third-order valence-electron chi connectivity index (χ3n) is 2.78. The summed E-state index contributed by atoms with van der Waals surface area (Å²) in [7, 11) is -2.52. The third kappa shape index (κ3) is 5.94. The first-order chi connectivity index (χ1) is 9.72. The minimum Gasteiger partial charge on any atom is -0.314 e. The molecule has 0 saturated carbocycles. The molecule has 0 bridgehead atoms. The molecular weight excluding hydrogens is 300 g/mol. The van der Waals surface area contributed by atoms with Crippen LogP contribution in [0, 0.1) is 11.6 Å². The Morgan fingerprint density at radius 1 is 1.29 bits per heavy atom. The van der Waals surface area contributed by atoms with Crippen LogP contribution in [0.5, 0.6) is 0 Å². The Balaban J connectivity index is 2.61. The molecule has 0 aliphatic carbocycles. The van der Waals surface area contributed by atoms with Gasteiger partial charge >= 0.3 is 10.2 Å². The number of rotatable bonds is 8. The molecule has 0 fully saturated rings. The van der Waals surface area contributed by atoms with Gasteiger partial charge < -0.3 is 5.32 Å². The third-order valence-corrected chi connectivity index (χ3v) is 4.26. The number of nitrogens with zero attached hydrogens (tertiary/aromatic N) is 1. The van der Waals surface area contributed by atoms with E-state index in [-0.39, 0.29) is 6.54 Å². The standard InChI is InChI=1S/C13H21F2N3O2S/c1-10(2)16-7-4-8-18(3)21(19,20)17-13-9-11(14)5-6-12(13)15/h5-6,9-10,16-17H,4,7-8H2,1-3H3. The van der Waals surface area contributed by atoms with Crippen LogP contribution in [-0.2, 0) is 10.2 Å². The first-order valence-electron chi connectivity index (χ1n) is 6.65. The predicted octanol–water partition coefficient (Wildman–Crippen LogP) is 1.94. The molecular formula is C13H21F2N3O2S. The van der Waals surface area contributed by atoms with Crippen LogP contribution < -0.4 is 10.0 Å². The minimum absolute atomic E-state index is 0.270. The van der Waals surface area contributed by atoms with Crippen molar-refractivity contribution in [3.8, 4) is 0 Å². The fraction of sp³-hybridized carbons (Fsp3) is 0.538. The Hall–Kier alpha value is -1.25. The summed E-state index contributed by atoms with van der Waals surface area (Å²) in [6.45, 7) is 4.93. The van der Waals surface area contributed by atoms with Gasteiger partial charge in [0.25, 0.3) is 0 Å². The van der Waals surface area contributed by atoms with Crippen molar-refractivity contribution in [3.05, 3.63) is 29.8 Å². The van der Waals surface area contributed by atoms with E-state index in [0.29, 0.717) is 19.0 Å². The van der Waals surface area contributed by atoms with Crippen molar-refractivity contribution < 1.29 is 17.2 Å². The highest BCUT2D eigenvalue weighted by atomic mass is 32.2. The van der Waals surface area contributed by atoms with Gasteiger partial charge in [-0.1, -0.05) is 13.8 Å². The number of nitrogens with one attached hydrogen (secondary N) is 2. The van der Waals surface area contributed by atoms with Crippen molar-refractivity contribution in [2.45, 2.75) is 26.3 Å². The van der Waals surface area contributed by atoms with Gasteiger partial charge in [-0.15, -0.1) is 0 Å². The minimum atomic E-state index is -3.90. The van der Waals surface area contributed by atoms with Gasteiger partial charge in [0.05, 0.1) is 5.69 Å². The van der Waals surface area contributed by atoms with Crippen molar-refractivity contribution in [1.82, 2.24) is 9.62 Å². The van der Waals surface area contributed by atoms with E-state index in [4.69, 9.17) is 0 Å². The molecule has 2 N–H and O–H groups in total. The lowest BCUT2D eigenvalue weighted by Gasteiger charge is -2.19. The van der Waals surface area contributed by atoms with E-state index in [1.54, 1.807) is 0 Å². The average molecular weight is 321 g/mol. The van der Waals surface area contributed by atoms with Gasteiger partial charge in [0.15, 0.2) is 0 Å². The first-order valence-corrected chi connectivity index (χ1v) is 8.09. The summed E-state index contributed by atoms with van der Waals surface area (Å²) < 4.78 is 53.6. The molecule has 0 aliphatic heterocycles. The molecule has 1 aromatic rings. The molecule has 1 rings (SSSR count). The monoisotopic (exact) mass is 321 g/mol. The summed E-state index contributed by atoms with van der Waals surface area (Å²) in [5, 5.41) is 3.17. The Labute approximate surface area is 124 Å². The highest BCUT2D eigenvalue weighted by Gasteiger charge is 2.19. The van der Waals surface area contributed by atoms with Crippen LogP contribution in [0.15, 0.2) is 18.2 Å². The number of anilines is 1. The fourth-order valence-electron chi connectivity index (χ4n) is 1.61. The van der Waals surface area contributed by atoms with E-state index >= 15 is 0 Å². The summed E-state index contributed by atoms with van der Waals surface area (Å²) >= 11 is 0. The van der Waals surface area contributed by atoms with Gasteiger partial charge in [0.1, 0.15) is 11.6 Å². The molecule has 5 nitrogen and oxygen atoms in total. The Kier molecular flexibility index (Phi) is 6.50. The summed E-state index contributed by atoms with van der Waals surface area (Å²) in [5.74, 6) is -1.53. The highest BCUT2D eigenvalue weighted by molar-refractivity contribution is 7.90. The number of halogens is 2. The molecule has 0 amide bonds. The topological polar surface area (TPSA) is 61.4 Å². The number of hydrogen-bond acceptors (Lipinski definition) is 3. The Bertz CT molecular complexity index is 565. The van der Waals surface area contributed by atoms with E-state index in [0.717, 1.165) is 22.5 Å². The Morgan fingerprint density at radius 2 is 1.95 bits per heavy atom. The summed E-state index contributed by atoms with van der Waals surface area (Å²) in [5.41, 5.74) is -0.401. The molecule has 0 unspecified atom stereocenters. The largest absolute Gasteiger partial charge is 0.314 e. The van der Waals surface area contributed by atoms with Gasteiger partial charge in [0.2, 0.25) is 0 Å². The number of benzene rings is 1. The fourth-order valence-corrected chi connectivity index (χ4v) is 2.56. The molecule has 0 saturated heterocycles. The zero-order valence-corrected chi connectivity index (χ0v) is 13.2. The summed E-state index contributed by atoms with van der Waals surface area (Å²) in [6, 6.07) is 2.93. The second kappa shape index (κ2) is 7.67. The maximum Gasteiger partial charge on any atom is 0.301 e.